The standard InChI is InChI=1S/C12H11BrFNS/c1-8-2-3-11(10(14)6-8)15-7-12-9(13)4-5-16-12/h2-6,15H,7H2,1H3. The lowest BCUT2D eigenvalue weighted by Gasteiger charge is -2.07. The lowest BCUT2D eigenvalue weighted by atomic mass is 10.2. The lowest BCUT2D eigenvalue weighted by Crippen LogP contribution is -2.00. The topological polar surface area (TPSA) is 12.0 Å². The molecule has 0 unspecified atom stereocenters. The Balaban J connectivity index is 2.08. The number of anilines is 1. The van der Waals surface area contributed by atoms with Crippen LogP contribution in [0.5, 0.6) is 0 Å². The Hall–Kier alpha value is -0.870. The lowest BCUT2D eigenvalue weighted by molar-refractivity contribution is 0.629. The van der Waals surface area contributed by atoms with Crippen LogP contribution in [0.3, 0.4) is 0 Å². The average molecular weight is 300 g/mol. The number of halogens is 2. The number of hydrogen-bond acceptors (Lipinski definition) is 2. The van der Waals surface area contributed by atoms with Gasteiger partial charge < -0.3 is 5.32 Å². The molecular formula is C12H11BrFNS. The Kier molecular flexibility index (Phi) is 3.61. The summed E-state index contributed by atoms with van der Waals surface area (Å²) in [5.74, 6) is -0.201. The number of aryl methyl sites for hydroxylation is 1. The van der Waals surface area contributed by atoms with E-state index in [1.54, 1.807) is 17.4 Å². The fraction of sp³-hybridized carbons (Fsp3) is 0.167. The van der Waals surface area contributed by atoms with Crippen LogP contribution in [-0.2, 0) is 6.54 Å². The SMILES string of the molecule is Cc1ccc(NCc2sccc2Br)c(F)c1. The molecule has 0 saturated carbocycles. The summed E-state index contributed by atoms with van der Waals surface area (Å²) in [6, 6.07) is 7.19. The summed E-state index contributed by atoms with van der Waals surface area (Å²) in [5, 5.41) is 5.10. The van der Waals surface area contributed by atoms with Gasteiger partial charge in [-0.25, -0.2) is 4.39 Å². The van der Waals surface area contributed by atoms with Crippen LogP contribution in [-0.4, -0.2) is 0 Å². The molecule has 1 aromatic carbocycles. The number of nitrogens with one attached hydrogen (secondary N) is 1. The van der Waals surface area contributed by atoms with Gasteiger partial charge in [0.15, 0.2) is 0 Å². The second-order valence-corrected chi connectivity index (χ2v) is 5.38. The van der Waals surface area contributed by atoms with E-state index < -0.39 is 0 Å². The van der Waals surface area contributed by atoms with Gasteiger partial charge in [0.2, 0.25) is 0 Å². The molecule has 0 aliphatic carbocycles. The predicted octanol–water partition coefficient (Wildman–Crippen LogP) is 4.57. The summed E-state index contributed by atoms with van der Waals surface area (Å²) in [7, 11) is 0. The van der Waals surface area contributed by atoms with Crippen molar-refractivity contribution in [2.75, 3.05) is 5.32 Å². The molecule has 0 amide bonds. The zero-order valence-electron chi connectivity index (χ0n) is 8.76. The van der Waals surface area contributed by atoms with Gasteiger partial charge in [-0.3, -0.25) is 0 Å². The van der Waals surface area contributed by atoms with E-state index in [2.05, 4.69) is 21.2 Å². The van der Waals surface area contributed by atoms with Crippen molar-refractivity contribution in [2.45, 2.75) is 13.5 Å². The van der Waals surface area contributed by atoms with Crippen molar-refractivity contribution < 1.29 is 4.39 Å². The largest absolute Gasteiger partial charge is 0.378 e. The van der Waals surface area contributed by atoms with E-state index in [0.29, 0.717) is 12.2 Å². The van der Waals surface area contributed by atoms with Crippen LogP contribution in [0.1, 0.15) is 10.4 Å². The molecule has 16 heavy (non-hydrogen) atoms. The Morgan fingerprint density at radius 1 is 1.38 bits per heavy atom. The van der Waals surface area contributed by atoms with Crippen molar-refractivity contribution in [1.29, 1.82) is 0 Å². The predicted molar refractivity (Wildman–Crippen MR) is 70.5 cm³/mol. The second kappa shape index (κ2) is 4.97. The molecule has 0 aliphatic rings. The summed E-state index contributed by atoms with van der Waals surface area (Å²) in [5.41, 5.74) is 1.48. The highest BCUT2D eigenvalue weighted by molar-refractivity contribution is 9.10. The van der Waals surface area contributed by atoms with E-state index in [9.17, 15) is 4.39 Å². The maximum atomic E-state index is 13.5. The molecule has 0 atom stereocenters. The van der Waals surface area contributed by atoms with Gasteiger partial charge in [0.1, 0.15) is 5.82 Å². The first-order chi connectivity index (χ1) is 7.66. The third-order valence-corrected chi connectivity index (χ3v) is 4.18. The van der Waals surface area contributed by atoms with Gasteiger partial charge in [-0.15, -0.1) is 11.3 Å². The Morgan fingerprint density at radius 3 is 2.81 bits per heavy atom. The Labute approximate surface area is 106 Å². The van der Waals surface area contributed by atoms with E-state index in [4.69, 9.17) is 0 Å². The molecule has 0 spiro atoms. The maximum absolute atomic E-state index is 13.5. The Morgan fingerprint density at radius 2 is 2.19 bits per heavy atom. The van der Waals surface area contributed by atoms with E-state index in [-0.39, 0.29) is 5.82 Å². The van der Waals surface area contributed by atoms with Crippen molar-refractivity contribution in [3.8, 4) is 0 Å². The summed E-state index contributed by atoms with van der Waals surface area (Å²) in [4.78, 5) is 1.17. The molecule has 1 aromatic heterocycles. The molecule has 0 bridgehead atoms. The number of hydrogen-bond donors (Lipinski definition) is 1. The number of benzene rings is 1. The first-order valence-corrected chi connectivity index (χ1v) is 6.56. The van der Waals surface area contributed by atoms with Crippen molar-refractivity contribution in [3.05, 3.63) is 50.4 Å². The average Bonchev–Trinajstić information content (AvgIpc) is 2.63. The van der Waals surface area contributed by atoms with E-state index in [1.165, 1.54) is 10.9 Å². The molecule has 4 heteroatoms. The van der Waals surface area contributed by atoms with Crippen LogP contribution in [0.2, 0.25) is 0 Å². The van der Waals surface area contributed by atoms with Crippen LogP contribution in [0, 0.1) is 12.7 Å². The first kappa shape index (κ1) is 11.6. The minimum Gasteiger partial charge on any atom is -0.378 e. The minimum atomic E-state index is -0.201. The van der Waals surface area contributed by atoms with Gasteiger partial charge in [-0.2, -0.15) is 0 Å². The minimum absolute atomic E-state index is 0.201. The van der Waals surface area contributed by atoms with Gasteiger partial charge in [0.05, 0.1) is 12.2 Å². The first-order valence-electron chi connectivity index (χ1n) is 4.88. The summed E-state index contributed by atoms with van der Waals surface area (Å²) in [6.07, 6.45) is 0. The second-order valence-electron chi connectivity index (χ2n) is 3.53. The van der Waals surface area contributed by atoms with Crippen molar-refractivity contribution in [2.24, 2.45) is 0 Å². The normalized spacial score (nSPS) is 10.4. The van der Waals surface area contributed by atoms with Crippen LogP contribution in [0.25, 0.3) is 0 Å². The maximum Gasteiger partial charge on any atom is 0.146 e. The molecule has 1 heterocycles. The summed E-state index contributed by atoms with van der Waals surface area (Å²) < 4.78 is 14.6. The molecule has 84 valence electrons. The van der Waals surface area contributed by atoms with E-state index in [1.807, 2.05) is 24.4 Å². The quantitative estimate of drug-likeness (QED) is 0.875. The van der Waals surface area contributed by atoms with E-state index in [0.717, 1.165) is 10.0 Å². The van der Waals surface area contributed by atoms with Gasteiger partial charge in [0, 0.05) is 9.35 Å². The molecule has 1 N–H and O–H groups in total. The third kappa shape index (κ3) is 2.62. The zero-order chi connectivity index (χ0) is 11.5. The summed E-state index contributed by atoms with van der Waals surface area (Å²) >= 11 is 5.09. The van der Waals surface area contributed by atoms with Gasteiger partial charge >= 0.3 is 0 Å². The molecule has 2 rings (SSSR count). The Bertz CT molecular complexity index is 496. The van der Waals surface area contributed by atoms with E-state index >= 15 is 0 Å². The smallest absolute Gasteiger partial charge is 0.146 e. The van der Waals surface area contributed by atoms with Crippen molar-refractivity contribution in [3.63, 3.8) is 0 Å². The zero-order valence-corrected chi connectivity index (χ0v) is 11.2. The molecule has 0 radical (unpaired) electrons. The molecule has 0 aliphatic heterocycles. The van der Waals surface area contributed by atoms with Gasteiger partial charge in [-0.1, -0.05) is 6.07 Å². The number of thiophene rings is 1. The number of rotatable bonds is 3. The van der Waals surface area contributed by atoms with Gasteiger partial charge in [-0.05, 0) is 52.0 Å². The highest BCUT2D eigenvalue weighted by Crippen LogP contribution is 2.24. The highest BCUT2D eigenvalue weighted by atomic mass is 79.9. The molecule has 1 nitrogen and oxygen atoms in total. The molecular weight excluding hydrogens is 289 g/mol. The van der Waals surface area contributed by atoms with Crippen LogP contribution in [0.4, 0.5) is 10.1 Å². The highest BCUT2D eigenvalue weighted by Gasteiger charge is 2.04. The van der Waals surface area contributed by atoms with Crippen LogP contribution in [0.15, 0.2) is 34.1 Å². The van der Waals surface area contributed by atoms with Crippen molar-refractivity contribution in [1.82, 2.24) is 0 Å². The molecule has 0 saturated heterocycles. The summed E-state index contributed by atoms with van der Waals surface area (Å²) in [6.45, 7) is 2.51. The van der Waals surface area contributed by atoms with Crippen LogP contribution >= 0.6 is 27.3 Å². The monoisotopic (exact) mass is 299 g/mol. The van der Waals surface area contributed by atoms with Gasteiger partial charge in [0.25, 0.3) is 0 Å². The third-order valence-electron chi connectivity index (χ3n) is 2.26. The fourth-order valence-electron chi connectivity index (χ4n) is 1.39. The molecule has 0 fully saturated rings. The fourth-order valence-corrected chi connectivity index (χ4v) is 2.82. The van der Waals surface area contributed by atoms with Crippen molar-refractivity contribution >= 4 is 33.0 Å². The molecule has 2 aromatic rings. The van der Waals surface area contributed by atoms with Crippen LogP contribution < -0.4 is 5.32 Å².